The van der Waals surface area contributed by atoms with E-state index in [-0.39, 0.29) is 17.9 Å². The Morgan fingerprint density at radius 2 is 2.33 bits per heavy atom. The topological polar surface area (TPSA) is 66.6 Å². The van der Waals surface area contributed by atoms with Crippen molar-refractivity contribution in [3.8, 4) is 0 Å². The van der Waals surface area contributed by atoms with Gasteiger partial charge in [0.1, 0.15) is 5.69 Å². The van der Waals surface area contributed by atoms with E-state index < -0.39 is 0 Å². The number of aliphatic hydroxyl groups excluding tert-OH is 1. The number of imidazole rings is 1. The number of aliphatic hydroxyl groups is 1. The highest BCUT2D eigenvalue weighted by atomic mass is 79.9. The average Bonchev–Trinajstić information content (AvgIpc) is 2.87. The number of amides is 1. The zero-order chi connectivity index (χ0) is 14.9. The molecule has 2 heterocycles. The normalized spacial score (nSPS) is 16.7. The van der Waals surface area contributed by atoms with Crippen molar-refractivity contribution in [2.45, 2.75) is 25.7 Å². The number of carbonyl (C=O) groups is 1. The second kappa shape index (κ2) is 5.77. The molecule has 2 aromatic rings. The summed E-state index contributed by atoms with van der Waals surface area (Å²) in [5.41, 5.74) is 1.29. The third kappa shape index (κ3) is 2.70. The Kier molecular flexibility index (Phi) is 3.99. The van der Waals surface area contributed by atoms with Crippen molar-refractivity contribution in [2.24, 2.45) is 5.41 Å². The zero-order valence-electron chi connectivity index (χ0n) is 11.7. The number of hydrogen-bond donors (Lipinski definition) is 2. The van der Waals surface area contributed by atoms with Gasteiger partial charge >= 0.3 is 0 Å². The van der Waals surface area contributed by atoms with E-state index in [2.05, 4.69) is 26.2 Å². The van der Waals surface area contributed by atoms with Gasteiger partial charge in [-0.3, -0.25) is 9.20 Å². The Labute approximate surface area is 131 Å². The first-order chi connectivity index (χ1) is 10.2. The lowest BCUT2D eigenvalue weighted by molar-refractivity contribution is 0.0361. The van der Waals surface area contributed by atoms with Gasteiger partial charge in [0.05, 0.1) is 10.7 Å². The van der Waals surface area contributed by atoms with Gasteiger partial charge in [-0.1, -0.05) is 6.42 Å². The van der Waals surface area contributed by atoms with Crippen molar-refractivity contribution in [3.63, 3.8) is 0 Å². The number of fused-ring (bicyclic) bond motifs is 1. The zero-order valence-corrected chi connectivity index (χ0v) is 13.3. The van der Waals surface area contributed by atoms with Gasteiger partial charge in [0.25, 0.3) is 5.91 Å². The first-order valence-corrected chi connectivity index (χ1v) is 7.95. The monoisotopic (exact) mass is 351 g/mol. The van der Waals surface area contributed by atoms with Gasteiger partial charge in [0.2, 0.25) is 0 Å². The van der Waals surface area contributed by atoms with Gasteiger partial charge < -0.3 is 10.4 Å². The third-order valence-corrected chi connectivity index (χ3v) is 5.03. The quantitative estimate of drug-likeness (QED) is 0.868. The summed E-state index contributed by atoms with van der Waals surface area (Å²) in [5, 5.41) is 12.4. The summed E-state index contributed by atoms with van der Waals surface area (Å²) >= 11 is 3.42. The van der Waals surface area contributed by atoms with E-state index in [9.17, 15) is 9.90 Å². The Hall–Kier alpha value is -1.40. The molecule has 21 heavy (non-hydrogen) atoms. The van der Waals surface area contributed by atoms with Crippen LogP contribution in [0.4, 0.5) is 0 Å². The SMILES string of the molecule is O=C(NCCC1(CO)CCC1)c1cnc2c(Br)cccn12. The Morgan fingerprint density at radius 3 is 3.00 bits per heavy atom. The molecule has 6 heteroatoms. The minimum absolute atomic E-state index is 0.0375. The molecule has 2 aromatic heterocycles. The molecule has 0 atom stereocenters. The molecule has 1 saturated carbocycles. The molecular formula is C15H18BrN3O2. The molecule has 0 saturated heterocycles. The average molecular weight is 352 g/mol. The van der Waals surface area contributed by atoms with E-state index in [0.29, 0.717) is 12.2 Å². The van der Waals surface area contributed by atoms with Crippen molar-refractivity contribution >= 4 is 27.5 Å². The molecule has 0 aromatic carbocycles. The lowest BCUT2D eigenvalue weighted by Gasteiger charge is -2.40. The number of pyridine rings is 1. The molecule has 5 nitrogen and oxygen atoms in total. The summed E-state index contributed by atoms with van der Waals surface area (Å²) in [4.78, 5) is 16.5. The van der Waals surface area contributed by atoms with Crippen LogP contribution in [0.25, 0.3) is 5.65 Å². The molecular weight excluding hydrogens is 334 g/mol. The summed E-state index contributed by atoms with van der Waals surface area (Å²) < 4.78 is 2.63. The molecule has 0 aliphatic heterocycles. The number of aromatic nitrogens is 2. The first-order valence-electron chi connectivity index (χ1n) is 7.16. The number of nitrogens with zero attached hydrogens (tertiary/aromatic N) is 2. The van der Waals surface area contributed by atoms with Crippen molar-refractivity contribution < 1.29 is 9.90 Å². The summed E-state index contributed by atoms with van der Waals surface area (Å²) in [6, 6.07) is 3.76. The van der Waals surface area contributed by atoms with Crippen molar-refractivity contribution in [1.82, 2.24) is 14.7 Å². The smallest absolute Gasteiger partial charge is 0.269 e. The maximum atomic E-state index is 12.3. The summed E-state index contributed by atoms with van der Waals surface area (Å²) in [6.45, 7) is 0.798. The molecule has 0 spiro atoms. The minimum atomic E-state index is -0.131. The van der Waals surface area contributed by atoms with E-state index in [1.807, 2.05) is 18.3 Å². The first kappa shape index (κ1) is 14.5. The lowest BCUT2D eigenvalue weighted by Crippen LogP contribution is -2.37. The predicted molar refractivity (Wildman–Crippen MR) is 83.2 cm³/mol. The number of rotatable bonds is 5. The number of nitrogens with one attached hydrogen (secondary N) is 1. The minimum Gasteiger partial charge on any atom is -0.396 e. The van der Waals surface area contributed by atoms with Crippen LogP contribution in [-0.2, 0) is 0 Å². The van der Waals surface area contributed by atoms with Gasteiger partial charge in [0.15, 0.2) is 5.65 Å². The third-order valence-electron chi connectivity index (χ3n) is 4.41. The lowest BCUT2D eigenvalue weighted by atomic mass is 9.67. The van der Waals surface area contributed by atoms with E-state index in [0.717, 1.165) is 29.4 Å². The van der Waals surface area contributed by atoms with Crippen LogP contribution in [0.3, 0.4) is 0 Å². The Morgan fingerprint density at radius 1 is 1.52 bits per heavy atom. The fourth-order valence-electron chi connectivity index (χ4n) is 2.84. The van der Waals surface area contributed by atoms with E-state index in [1.54, 1.807) is 10.6 Å². The maximum Gasteiger partial charge on any atom is 0.269 e. The van der Waals surface area contributed by atoms with Gasteiger partial charge in [0, 0.05) is 19.3 Å². The van der Waals surface area contributed by atoms with E-state index in [4.69, 9.17) is 0 Å². The number of carbonyl (C=O) groups excluding carboxylic acids is 1. The summed E-state index contributed by atoms with van der Waals surface area (Å²) in [7, 11) is 0. The predicted octanol–water partition coefficient (Wildman–Crippen LogP) is 2.38. The van der Waals surface area contributed by atoms with Crippen molar-refractivity contribution in [3.05, 3.63) is 34.7 Å². The molecule has 112 valence electrons. The molecule has 2 N–H and O–H groups in total. The van der Waals surface area contributed by atoms with Gasteiger partial charge in [-0.15, -0.1) is 0 Å². The Bertz CT molecular complexity index is 658. The fourth-order valence-corrected chi connectivity index (χ4v) is 3.29. The van der Waals surface area contributed by atoms with Crippen LogP contribution in [0, 0.1) is 5.41 Å². The molecule has 1 aliphatic rings. The van der Waals surface area contributed by atoms with Crippen LogP contribution in [0.2, 0.25) is 0 Å². The molecule has 0 radical (unpaired) electrons. The van der Waals surface area contributed by atoms with Crippen LogP contribution in [0.5, 0.6) is 0 Å². The molecule has 3 rings (SSSR count). The molecule has 1 aliphatic carbocycles. The maximum absolute atomic E-state index is 12.3. The second-order valence-corrected chi connectivity index (χ2v) is 6.57. The van der Waals surface area contributed by atoms with Crippen molar-refractivity contribution in [2.75, 3.05) is 13.2 Å². The van der Waals surface area contributed by atoms with Gasteiger partial charge in [-0.05, 0) is 52.7 Å². The highest BCUT2D eigenvalue weighted by Crippen LogP contribution is 2.43. The fraction of sp³-hybridized carbons (Fsp3) is 0.467. The standard InChI is InChI=1S/C15H18BrN3O2/c16-11-3-1-8-19-12(9-18-13(11)19)14(21)17-7-6-15(10-20)4-2-5-15/h1,3,8-9,20H,2,4-7,10H2,(H,17,21). The molecule has 0 unspecified atom stereocenters. The molecule has 1 amide bonds. The number of hydrogen-bond acceptors (Lipinski definition) is 3. The highest BCUT2D eigenvalue weighted by molar-refractivity contribution is 9.10. The number of halogens is 1. The molecule has 1 fully saturated rings. The largest absolute Gasteiger partial charge is 0.396 e. The Balaban J connectivity index is 1.66. The van der Waals surface area contributed by atoms with Crippen LogP contribution < -0.4 is 5.32 Å². The van der Waals surface area contributed by atoms with Gasteiger partial charge in [-0.25, -0.2) is 4.98 Å². The summed E-state index contributed by atoms with van der Waals surface area (Å²) in [5.74, 6) is -0.131. The van der Waals surface area contributed by atoms with Gasteiger partial charge in [-0.2, -0.15) is 0 Å². The van der Waals surface area contributed by atoms with E-state index >= 15 is 0 Å². The second-order valence-electron chi connectivity index (χ2n) is 5.71. The highest BCUT2D eigenvalue weighted by Gasteiger charge is 2.35. The summed E-state index contributed by atoms with van der Waals surface area (Å²) in [6.07, 6.45) is 7.53. The van der Waals surface area contributed by atoms with Crippen LogP contribution >= 0.6 is 15.9 Å². The van der Waals surface area contributed by atoms with Crippen LogP contribution in [0.15, 0.2) is 29.0 Å². The molecule has 0 bridgehead atoms. The van der Waals surface area contributed by atoms with Crippen LogP contribution in [0.1, 0.15) is 36.2 Å². The van der Waals surface area contributed by atoms with Crippen LogP contribution in [-0.4, -0.2) is 33.6 Å². The van der Waals surface area contributed by atoms with E-state index in [1.165, 1.54) is 6.42 Å². The van der Waals surface area contributed by atoms with Crippen molar-refractivity contribution in [1.29, 1.82) is 0 Å².